The van der Waals surface area contributed by atoms with Crippen LogP contribution in [0, 0.1) is 11.3 Å². The Morgan fingerprint density at radius 1 is 0.943 bits per heavy atom. The molecule has 4 rings (SSSR count). The fourth-order valence-corrected chi connectivity index (χ4v) is 10.2. The fraction of sp³-hybridized carbons (Fsp3) is 0.821. The van der Waals surface area contributed by atoms with Gasteiger partial charge < -0.3 is 30.9 Å². The average Bonchev–Trinajstić information content (AvgIpc) is 3.80. The molecule has 53 heavy (non-hydrogen) atoms. The Morgan fingerprint density at radius 3 is 2.15 bits per heavy atom. The van der Waals surface area contributed by atoms with Crippen molar-refractivity contribution in [2.45, 2.75) is 166 Å². The summed E-state index contributed by atoms with van der Waals surface area (Å²) >= 11 is 0. The number of Topliss-reactive ketones (excluding diaryl/α,β-unsaturated/α-hetero) is 1. The molecule has 0 bridgehead atoms. The standard InChI is InChI=1S/C39H65N5O8S/c1-8-9-13-29(31(45)34(47)40-28-14-15-28)41-33(46)30-27(24-26(2)3)16-21-44(30)35(48)32(37(4,5)6)42-36(49)43-39(17-11-10-12-18-39)25-53(50,51)38(7)19-22-52-23-20-38/h24,27-30,32H,8-23,25H2,1-7H3,(H,40,47)(H,41,46)(H2,42,43,49)/t27?,29-,30-,32+/m0/s1. The molecule has 5 amide bonds. The van der Waals surface area contributed by atoms with Gasteiger partial charge in [-0.2, -0.15) is 0 Å². The Balaban J connectivity index is 1.56. The third-order valence-electron chi connectivity index (χ3n) is 11.5. The van der Waals surface area contributed by atoms with Crippen molar-refractivity contribution in [3.63, 3.8) is 0 Å². The summed E-state index contributed by atoms with van der Waals surface area (Å²) in [5.74, 6) is -2.89. The summed E-state index contributed by atoms with van der Waals surface area (Å²) < 4.78 is 32.4. The van der Waals surface area contributed by atoms with Crippen molar-refractivity contribution in [1.82, 2.24) is 26.2 Å². The molecule has 0 radical (unpaired) electrons. The van der Waals surface area contributed by atoms with E-state index in [9.17, 15) is 32.4 Å². The molecule has 0 aromatic rings. The van der Waals surface area contributed by atoms with Crippen LogP contribution < -0.4 is 21.3 Å². The second-order valence-electron chi connectivity index (χ2n) is 17.5. The Hall–Kier alpha value is -3.00. The van der Waals surface area contributed by atoms with E-state index < -0.39 is 73.2 Å². The highest BCUT2D eigenvalue weighted by Crippen LogP contribution is 2.37. The quantitative estimate of drug-likeness (QED) is 0.142. The van der Waals surface area contributed by atoms with E-state index in [1.807, 2.05) is 47.6 Å². The molecule has 4 atom stereocenters. The number of carbonyl (C=O) groups is 5. The van der Waals surface area contributed by atoms with E-state index in [0.717, 1.165) is 44.1 Å². The van der Waals surface area contributed by atoms with Gasteiger partial charge in [0.2, 0.25) is 17.6 Å². The van der Waals surface area contributed by atoms with Gasteiger partial charge in [-0.15, -0.1) is 0 Å². The third kappa shape index (κ3) is 11.0. The molecule has 2 aliphatic heterocycles. The van der Waals surface area contributed by atoms with E-state index in [-0.39, 0.29) is 24.3 Å². The topological polar surface area (TPSA) is 180 Å². The molecular weight excluding hydrogens is 699 g/mol. The molecule has 4 aliphatic rings. The number of nitrogens with one attached hydrogen (secondary N) is 4. The van der Waals surface area contributed by atoms with Crippen molar-refractivity contribution in [3.05, 3.63) is 11.6 Å². The summed E-state index contributed by atoms with van der Waals surface area (Å²) in [5, 5.41) is 11.5. The van der Waals surface area contributed by atoms with Crippen molar-refractivity contribution < 1.29 is 37.1 Å². The number of carbonyl (C=O) groups excluding carboxylic acids is 5. The molecule has 1 unspecified atom stereocenters. The first-order valence-electron chi connectivity index (χ1n) is 19.8. The number of rotatable bonds is 15. The molecule has 300 valence electrons. The summed E-state index contributed by atoms with van der Waals surface area (Å²) in [5.41, 5.74) is -0.798. The number of likely N-dealkylation sites (tertiary alicyclic amines) is 1. The van der Waals surface area contributed by atoms with Crippen LogP contribution in [-0.4, -0.2) is 103 Å². The number of nitrogens with zero attached hydrogens (tertiary/aromatic N) is 1. The normalized spacial score (nSPS) is 23.9. The number of hydrogen-bond acceptors (Lipinski definition) is 8. The van der Waals surface area contributed by atoms with E-state index in [4.69, 9.17) is 4.74 Å². The van der Waals surface area contributed by atoms with E-state index in [1.54, 1.807) is 6.92 Å². The smallest absolute Gasteiger partial charge is 0.315 e. The zero-order valence-corrected chi connectivity index (χ0v) is 33.9. The van der Waals surface area contributed by atoms with Gasteiger partial charge in [0.1, 0.15) is 12.1 Å². The second-order valence-corrected chi connectivity index (χ2v) is 20.1. The predicted octanol–water partition coefficient (Wildman–Crippen LogP) is 4.09. The summed E-state index contributed by atoms with van der Waals surface area (Å²) in [4.78, 5) is 70.3. The molecule has 2 aliphatic carbocycles. The number of urea groups is 1. The first-order chi connectivity index (χ1) is 24.8. The van der Waals surface area contributed by atoms with Crippen molar-refractivity contribution in [3.8, 4) is 0 Å². The molecule has 4 N–H and O–H groups in total. The minimum Gasteiger partial charge on any atom is -0.381 e. The third-order valence-corrected chi connectivity index (χ3v) is 14.3. The minimum atomic E-state index is -3.63. The lowest BCUT2D eigenvalue weighted by Crippen LogP contribution is -2.64. The van der Waals surface area contributed by atoms with Crippen LogP contribution in [0.3, 0.4) is 0 Å². The number of ketones is 1. The van der Waals surface area contributed by atoms with Crippen molar-refractivity contribution in [1.29, 1.82) is 0 Å². The molecule has 2 saturated carbocycles. The molecule has 4 fully saturated rings. The van der Waals surface area contributed by atoms with Crippen LogP contribution in [0.2, 0.25) is 0 Å². The van der Waals surface area contributed by atoms with Gasteiger partial charge in [0, 0.05) is 31.7 Å². The average molecular weight is 764 g/mol. The van der Waals surface area contributed by atoms with Gasteiger partial charge in [-0.3, -0.25) is 19.2 Å². The second kappa shape index (κ2) is 17.6. The zero-order chi connectivity index (χ0) is 39.2. The molecule has 2 heterocycles. The fourth-order valence-electron chi connectivity index (χ4n) is 7.99. The van der Waals surface area contributed by atoms with Crippen molar-refractivity contribution >= 4 is 39.4 Å². The molecule has 2 saturated heterocycles. The van der Waals surface area contributed by atoms with Gasteiger partial charge in [0.05, 0.1) is 22.1 Å². The van der Waals surface area contributed by atoms with Gasteiger partial charge in [-0.1, -0.05) is 71.4 Å². The Kier molecular flexibility index (Phi) is 14.2. The van der Waals surface area contributed by atoms with Gasteiger partial charge in [0.25, 0.3) is 5.91 Å². The maximum atomic E-state index is 14.6. The van der Waals surface area contributed by atoms with E-state index in [2.05, 4.69) is 21.3 Å². The van der Waals surface area contributed by atoms with Crippen LogP contribution in [0.5, 0.6) is 0 Å². The molecule has 13 nitrogen and oxygen atoms in total. The highest BCUT2D eigenvalue weighted by Gasteiger charge is 2.49. The number of hydrogen-bond donors (Lipinski definition) is 4. The first-order valence-corrected chi connectivity index (χ1v) is 21.5. The number of unbranched alkanes of at least 4 members (excludes halogenated alkanes) is 1. The highest BCUT2D eigenvalue weighted by molar-refractivity contribution is 7.92. The van der Waals surface area contributed by atoms with Crippen LogP contribution in [0.1, 0.15) is 132 Å². The number of amides is 5. The lowest BCUT2D eigenvalue weighted by Gasteiger charge is -2.42. The van der Waals surface area contributed by atoms with Crippen LogP contribution in [0.15, 0.2) is 11.6 Å². The van der Waals surface area contributed by atoms with Gasteiger partial charge in [-0.25, -0.2) is 13.2 Å². The van der Waals surface area contributed by atoms with Crippen molar-refractivity contribution in [2.75, 3.05) is 25.5 Å². The van der Waals surface area contributed by atoms with Crippen LogP contribution in [0.4, 0.5) is 4.79 Å². The van der Waals surface area contributed by atoms with E-state index in [0.29, 0.717) is 58.2 Å². The Labute approximate surface area is 316 Å². The van der Waals surface area contributed by atoms with E-state index in [1.165, 1.54) is 4.90 Å². The SMILES string of the molecule is CCCC[C@H](NC(=O)[C@@H]1C(C=C(C)C)CCN1C(=O)[C@@H](NC(=O)NC1(CS(=O)(=O)C2(C)CCOCC2)CCCCC1)C(C)(C)C)C(=O)C(=O)NC1CC1. The summed E-state index contributed by atoms with van der Waals surface area (Å²) in [6, 6.07) is -3.69. The molecular formula is C39H65N5O8S. The molecule has 0 aromatic heterocycles. The summed E-state index contributed by atoms with van der Waals surface area (Å²) in [7, 11) is -3.63. The van der Waals surface area contributed by atoms with E-state index >= 15 is 0 Å². The number of sulfone groups is 1. The van der Waals surface area contributed by atoms with Gasteiger partial charge in [-0.05, 0) is 77.6 Å². The Bertz CT molecular complexity index is 1480. The van der Waals surface area contributed by atoms with Crippen molar-refractivity contribution in [2.24, 2.45) is 11.3 Å². The lowest BCUT2D eigenvalue weighted by atomic mass is 9.83. The summed E-state index contributed by atoms with van der Waals surface area (Å²) in [6.45, 7) is 14.1. The number of ether oxygens (including phenoxy) is 1. The Morgan fingerprint density at radius 2 is 1.58 bits per heavy atom. The summed E-state index contributed by atoms with van der Waals surface area (Å²) in [6.07, 6.45) is 10.1. The molecule has 0 aromatic carbocycles. The van der Waals surface area contributed by atoms with Crippen LogP contribution >= 0.6 is 0 Å². The maximum absolute atomic E-state index is 14.6. The maximum Gasteiger partial charge on any atom is 0.315 e. The zero-order valence-electron chi connectivity index (χ0n) is 33.1. The lowest BCUT2D eigenvalue weighted by molar-refractivity contribution is -0.144. The molecule has 14 heteroatoms. The monoisotopic (exact) mass is 763 g/mol. The molecule has 0 spiro atoms. The van der Waals surface area contributed by atoms with Crippen LogP contribution in [-0.2, 0) is 33.8 Å². The minimum absolute atomic E-state index is 0.00864. The number of allylic oxidation sites excluding steroid dienone is 1. The van der Waals surface area contributed by atoms with Gasteiger partial charge in [0.15, 0.2) is 9.84 Å². The predicted molar refractivity (Wildman–Crippen MR) is 204 cm³/mol. The highest BCUT2D eigenvalue weighted by atomic mass is 32.2. The van der Waals surface area contributed by atoms with Gasteiger partial charge >= 0.3 is 6.03 Å². The first kappa shape index (κ1) is 42.7. The largest absolute Gasteiger partial charge is 0.381 e. The van der Waals surface area contributed by atoms with Crippen LogP contribution in [0.25, 0.3) is 0 Å².